The molecule has 17 heavy (non-hydrogen) atoms. The van der Waals surface area contributed by atoms with Gasteiger partial charge in [0.1, 0.15) is 11.9 Å². The molecule has 4 heteroatoms. The Hall–Kier alpha value is -2.33. The van der Waals surface area contributed by atoms with E-state index in [-0.39, 0.29) is 5.91 Å². The first-order valence-corrected chi connectivity index (χ1v) is 5.35. The number of rotatable bonds is 5. The number of nitriles is 1. The second-order valence-electron chi connectivity index (χ2n) is 3.50. The summed E-state index contributed by atoms with van der Waals surface area (Å²) in [4.78, 5) is 15.4. The van der Waals surface area contributed by atoms with E-state index in [0.717, 1.165) is 12.8 Å². The zero-order valence-corrected chi connectivity index (χ0v) is 9.44. The van der Waals surface area contributed by atoms with Crippen LogP contribution in [0, 0.1) is 23.7 Å². The Morgan fingerprint density at radius 3 is 2.88 bits per heavy atom. The molecule has 0 fully saturated rings. The Morgan fingerprint density at radius 2 is 2.29 bits per heavy atom. The van der Waals surface area contributed by atoms with Gasteiger partial charge in [-0.1, -0.05) is 0 Å². The summed E-state index contributed by atoms with van der Waals surface area (Å²) in [6, 6.07) is 5.18. The molecule has 1 amide bonds. The number of carbonyl (C=O) groups is 1. The average Bonchev–Trinajstić information content (AvgIpc) is 2.36. The Morgan fingerprint density at radius 1 is 1.47 bits per heavy atom. The molecule has 0 unspecified atom stereocenters. The van der Waals surface area contributed by atoms with Gasteiger partial charge < -0.3 is 5.32 Å². The van der Waals surface area contributed by atoms with Crippen LogP contribution in [-0.2, 0) is 4.79 Å². The predicted octanol–water partition coefficient (Wildman–Crippen LogP) is 2.09. The number of carbonyl (C=O) groups excluding carboxylic acids is 1. The molecule has 4 nitrogen and oxygen atoms in total. The summed E-state index contributed by atoms with van der Waals surface area (Å²) in [5.74, 6) is 2.91. The van der Waals surface area contributed by atoms with E-state index in [0.29, 0.717) is 24.2 Å². The quantitative estimate of drug-likeness (QED) is 0.618. The molecule has 0 radical (unpaired) electrons. The van der Waals surface area contributed by atoms with Crippen LogP contribution in [0.4, 0.5) is 5.82 Å². The summed E-state index contributed by atoms with van der Waals surface area (Å²) in [5, 5.41) is 11.2. The van der Waals surface area contributed by atoms with Gasteiger partial charge in [0.05, 0.1) is 5.56 Å². The molecule has 0 bridgehead atoms. The number of nitrogens with zero attached hydrogens (tertiary/aromatic N) is 2. The van der Waals surface area contributed by atoms with Gasteiger partial charge in [-0.25, -0.2) is 4.98 Å². The smallest absolute Gasteiger partial charge is 0.225 e. The first-order valence-electron chi connectivity index (χ1n) is 5.35. The maximum absolute atomic E-state index is 11.5. The molecule has 0 saturated carbocycles. The molecular weight excluding hydrogens is 214 g/mol. The molecule has 0 aliphatic carbocycles. The summed E-state index contributed by atoms with van der Waals surface area (Å²) in [5.41, 5.74) is 0.469. The molecule has 0 spiro atoms. The number of amides is 1. The molecule has 0 saturated heterocycles. The highest BCUT2D eigenvalue weighted by atomic mass is 16.1. The molecule has 1 rings (SSSR count). The third-order valence-corrected chi connectivity index (χ3v) is 2.14. The van der Waals surface area contributed by atoms with Gasteiger partial charge in [-0.2, -0.15) is 5.26 Å². The van der Waals surface area contributed by atoms with Crippen LogP contribution < -0.4 is 5.32 Å². The van der Waals surface area contributed by atoms with Crippen molar-refractivity contribution in [3.63, 3.8) is 0 Å². The third-order valence-electron chi connectivity index (χ3n) is 2.14. The van der Waals surface area contributed by atoms with E-state index < -0.39 is 0 Å². The highest BCUT2D eigenvalue weighted by molar-refractivity contribution is 5.89. The second kappa shape index (κ2) is 7.03. The van der Waals surface area contributed by atoms with Crippen molar-refractivity contribution in [1.29, 1.82) is 5.26 Å². The van der Waals surface area contributed by atoms with Gasteiger partial charge in [0, 0.05) is 19.0 Å². The number of pyridine rings is 1. The largest absolute Gasteiger partial charge is 0.311 e. The van der Waals surface area contributed by atoms with Gasteiger partial charge in [0.2, 0.25) is 5.91 Å². The van der Waals surface area contributed by atoms with Crippen molar-refractivity contribution in [2.24, 2.45) is 0 Å². The summed E-state index contributed by atoms with van der Waals surface area (Å²) in [7, 11) is 0. The van der Waals surface area contributed by atoms with Gasteiger partial charge in [-0.15, -0.1) is 12.3 Å². The number of hydrogen-bond donors (Lipinski definition) is 1. The van der Waals surface area contributed by atoms with Crippen molar-refractivity contribution in [1.82, 2.24) is 4.98 Å². The standard InChI is InChI=1S/C13H13N3O/c1-2-3-4-5-6-13(17)16-12-8-7-11(9-14)10-15-12/h1,7-8,10H,3-6H2,(H,15,16,17). The van der Waals surface area contributed by atoms with Crippen LogP contribution in [0.3, 0.4) is 0 Å². The van der Waals surface area contributed by atoms with Crippen molar-refractivity contribution in [2.75, 3.05) is 5.32 Å². The zero-order valence-electron chi connectivity index (χ0n) is 9.44. The normalized spacial score (nSPS) is 9.06. The van der Waals surface area contributed by atoms with Crippen molar-refractivity contribution in [3.05, 3.63) is 23.9 Å². The van der Waals surface area contributed by atoms with E-state index in [1.165, 1.54) is 6.20 Å². The summed E-state index contributed by atoms with van der Waals surface area (Å²) in [6.07, 6.45) is 9.29. The van der Waals surface area contributed by atoms with E-state index in [1.807, 2.05) is 6.07 Å². The van der Waals surface area contributed by atoms with Crippen LogP contribution >= 0.6 is 0 Å². The molecule has 0 aromatic carbocycles. The van der Waals surface area contributed by atoms with Gasteiger partial charge in [0.15, 0.2) is 0 Å². The van der Waals surface area contributed by atoms with Gasteiger partial charge in [-0.05, 0) is 25.0 Å². The van der Waals surface area contributed by atoms with Crippen LogP contribution in [0.5, 0.6) is 0 Å². The fourth-order valence-corrected chi connectivity index (χ4v) is 1.25. The van der Waals surface area contributed by atoms with E-state index in [9.17, 15) is 4.79 Å². The van der Waals surface area contributed by atoms with Gasteiger partial charge >= 0.3 is 0 Å². The zero-order chi connectivity index (χ0) is 12.5. The molecule has 1 heterocycles. The number of aromatic nitrogens is 1. The Balaban J connectivity index is 2.35. The minimum Gasteiger partial charge on any atom is -0.311 e. The molecule has 0 aliphatic heterocycles. The van der Waals surface area contributed by atoms with Crippen LogP contribution in [0.1, 0.15) is 31.2 Å². The molecular formula is C13H13N3O. The van der Waals surface area contributed by atoms with Crippen LogP contribution in [0.25, 0.3) is 0 Å². The Kier molecular flexibility index (Phi) is 5.27. The van der Waals surface area contributed by atoms with Crippen molar-refractivity contribution >= 4 is 11.7 Å². The number of nitrogens with one attached hydrogen (secondary N) is 1. The van der Waals surface area contributed by atoms with E-state index in [1.54, 1.807) is 12.1 Å². The van der Waals surface area contributed by atoms with Crippen molar-refractivity contribution < 1.29 is 4.79 Å². The van der Waals surface area contributed by atoms with Crippen molar-refractivity contribution in [3.8, 4) is 18.4 Å². The number of hydrogen-bond acceptors (Lipinski definition) is 3. The van der Waals surface area contributed by atoms with Gasteiger partial charge in [-0.3, -0.25) is 4.79 Å². The first-order chi connectivity index (χ1) is 8.26. The minimum absolute atomic E-state index is 0.0840. The highest BCUT2D eigenvalue weighted by Gasteiger charge is 2.02. The van der Waals surface area contributed by atoms with Crippen LogP contribution in [0.2, 0.25) is 0 Å². The van der Waals surface area contributed by atoms with Gasteiger partial charge in [0.25, 0.3) is 0 Å². The lowest BCUT2D eigenvalue weighted by Gasteiger charge is -2.03. The summed E-state index contributed by atoms with van der Waals surface area (Å²) in [6.45, 7) is 0. The summed E-state index contributed by atoms with van der Waals surface area (Å²) < 4.78 is 0. The highest BCUT2D eigenvalue weighted by Crippen LogP contribution is 2.06. The first kappa shape index (κ1) is 12.7. The SMILES string of the molecule is C#CCCCCC(=O)Nc1ccc(C#N)cn1. The second-order valence-corrected chi connectivity index (χ2v) is 3.50. The molecule has 86 valence electrons. The monoisotopic (exact) mass is 227 g/mol. The predicted molar refractivity (Wildman–Crippen MR) is 64.9 cm³/mol. The summed E-state index contributed by atoms with van der Waals surface area (Å²) >= 11 is 0. The lowest BCUT2D eigenvalue weighted by Crippen LogP contribution is -2.12. The molecule has 0 aliphatic rings. The fourth-order valence-electron chi connectivity index (χ4n) is 1.25. The van der Waals surface area contributed by atoms with Crippen LogP contribution in [0.15, 0.2) is 18.3 Å². The lowest BCUT2D eigenvalue weighted by molar-refractivity contribution is -0.116. The van der Waals surface area contributed by atoms with E-state index >= 15 is 0 Å². The van der Waals surface area contributed by atoms with E-state index in [4.69, 9.17) is 11.7 Å². The lowest BCUT2D eigenvalue weighted by atomic mass is 10.2. The fraction of sp³-hybridized carbons (Fsp3) is 0.308. The van der Waals surface area contributed by atoms with E-state index in [2.05, 4.69) is 16.2 Å². The maximum Gasteiger partial charge on any atom is 0.225 e. The molecule has 1 N–H and O–H groups in total. The maximum atomic E-state index is 11.5. The number of unbranched alkanes of at least 4 members (excludes halogenated alkanes) is 2. The Labute approximate surface area is 101 Å². The van der Waals surface area contributed by atoms with Crippen LogP contribution in [-0.4, -0.2) is 10.9 Å². The van der Waals surface area contributed by atoms with Crippen molar-refractivity contribution in [2.45, 2.75) is 25.7 Å². The third kappa shape index (κ3) is 4.81. The molecule has 1 aromatic heterocycles. The molecule has 0 atom stereocenters. The molecule has 1 aromatic rings. The average molecular weight is 227 g/mol. The Bertz CT molecular complexity index is 451. The minimum atomic E-state index is -0.0840. The topological polar surface area (TPSA) is 65.8 Å². The number of anilines is 1. The number of terminal acetylenes is 1.